The zero-order valence-electron chi connectivity index (χ0n) is 54.3. The van der Waals surface area contributed by atoms with E-state index in [2.05, 4.69) is 65.8 Å². The van der Waals surface area contributed by atoms with Crippen LogP contribution in [-0.2, 0) is 6.42 Å². The van der Waals surface area contributed by atoms with E-state index in [9.17, 15) is 0 Å². The first-order valence-corrected chi connectivity index (χ1v) is 33.1. The van der Waals surface area contributed by atoms with E-state index >= 15 is 0 Å². The van der Waals surface area contributed by atoms with E-state index in [-0.39, 0.29) is 19.3 Å². The van der Waals surface area contributed by atoms with Crippen LogP contribution in [0.4, 0.5) is 0 Å². The maximum atomic E-state index is 8.34. The molecule has 0 amide bonds. The van der Waals surface area contributed by atoms with Gasteiger partial charge in [0, 0.05) is 25.9 Å². The van der Waals surface area contributed by atoms with Crippen LogP contribution in [0.15, 0.2) is 30.3 Å². The molecule has 486 valence electrons. The van der Waals surface area contributed by atoms with Crippen LogP contribution in [0.5, 0.6) is 0 Å². The number of hydrogen-bond donors (Lipinski definition) is 14. The maximum Gasteiger partial charge on any atom is 0.0582 e. The highest BCUT2D eigenvalue weighted by Gasteiger charge is 1.94. The standard InChI is InChI=1S/C10H15N.C9H21N.C8H19N.C7H17N.C6H15NO.C6H15N.2C5H13NO.C5H13N.C4H11NO/c11-9-5-4-8-10-6-2-1-3-7-10;1-2-3-4-5-6-7-8-9-10;1-2-3-4-5-6-7-8-9;1-2-3-4-5-6-7-8;7-5-3-1-2-4-6-8;1-2-3-4-5-6-7;1-2-3-5(6)4-7;6-4-2-1-3-5-7;1-2-3-4-5-6;5-3-1-2-4-6/h1-3,6-7H,4-5,8-9,11H2;2-10H2,1H3;2-9H2,1H3;2-8H2,1H3;8H,1-7H2;2-7H2,1H3;5,7H,2-4,6H2,1H3;7H,1-6H2;2-6H2,1H3;6H,1-5H2. The average molecular weight is 1140 g/mol. The minimum Gasteiger partial charge on any atom is -0.396 e. The Morgan fingerprint density at radius 3 is 0.734 bits per heavy atom. The summed E-state index contributed by atoms with van der Waals surface area (Å²) in [6.07, 6.45) is 47.7. The lowest BCUT2D eigenvalue weighted by molar-refractivity contribution is 0.259. The van der Waals surface area contributed by atoms with E-state index in [0.29, 0.717) is 19.8 Å². The van der Waals surface area contributed by atoms with Gasteiger partial charge >= 0.3 is 0 Å². The number of aryl methyl sites for hydroxylation is 1. The van der Waals surface area contributed by atoms with Crippen molar-refractivity contribution in [1.29, 1.82) is 0 Å². The fourth-order valence-corrected chi connectivity index (χ4v) is 6.62. The van der Waals surface area contributed by atoms with Crippen LogP contribution in [0, 0.1) is 0 Å². The van der Waals surface area contributed by atoms with Gasteiger partial charge in [0.1, 0.15) is 0 Å². The van der Waals surface area contributed by atoms with Crippen molar-refractivity contribution in [2.24, 2.45) is 57.3 Å². The molecule has 0 fully saturated rings. The lowest BCUT2D eigenvalue weighted by Gasteiger charge is -2.02. The number of benzene rings is 1. The summed E-state index contributed by atoms with van der Waals surface area (Å²) in [5.41, 5.74) is 54.2. The predicted octanol–water partition coefficient (Wildman–Crippen LogP) is 12.0. The molecule has 0 bridgehead atoms. The summed E-state index contributed by atoms with van der Waals surface area (Å²) in [7, 11) is 0. The van der Waals surface area contributed by atoms with Gasteiger partial charge in [-0.3, -0.25) is 0 Å². The monoisotopic (exact) mass is 1140 g/mol. The van der Waals surface area contributed by atoms with E-state index in [1.165, 1.54) is 173 Å². The normalized spacial score (nSPS) is 10.1. The summed E-state index contributed by atoms with van der Waals surface area (Å²) in [6.45, 7) is 21.5. The first-order chi connectivity index (χ1) is 38.6. The number of hydrogen-bond acceptors (Lipinski definition) is 14. The van der Waals surface area contributed by atoms with Crippen molar-refractivity contribution in [2.45, 2.75) is 298 Å². The van der Waals surface area contributed by atoms with Gasteiger partial charge in [-0.1, -0.05) is 220 Å². The Bertz CT molecular complexity index is 880. The summed E-state index contributed by atoms with van der Waals surface area (Å²) < 4.78 is 0. The van der Waals surface area contributed by atoms with Gasteiger partial charge in [-0.2, -0.15) is 0 Å². The fraction of sp³-hybridized carbons (Fsp3) is 0.908. The molecule has 0 saturated heterocycles. The number of aliphatic hydroxyl groups is 4. The Kier molecular flexibility index (Phi) is 141. The minimum absolute atomic E-state index is 0.00463. The number of rotatable bonds is 44. The summed E-state index contributed by atoms with van der Waals surface area (Å²) >= 11 is 0. The molecule has 79 heavy (non-hydrogen) atoms. The van der Waals surface area contributed by atoms with E-state index in [1.54, 1.807) is 0 Å². The first kappa shape index (κ1) is 96.8. The third-order valence-corrected chi connectivity index (χ3v) is 11.8. The van der Waals surface area contributed by atoms with Crippen LogP contribution >= 0.6 is 0 Å². The Labute approximate surface area is 495 Å². The van der Waals surface area contributed by atoms with Crippen molar-refractivity contribution in [3.8, 4) is 0 Å². The van der Waals surface area contributed by atoms with Crippen molar-refractivity contribution in [3.63, 3.8) is 0 Å². The van der Waals surface area contributed by atoms with Gasteiger partial charge in [-0.05, 0) is 167 Å². The SMILES string of the molecule is CCCC(N)CO.CCCCCCCCCN.CCCCCCCCN.CCCCCCCN.CCCCCCN.CCCCCN.NCCCCCCO.NCCCCCO.NCCCCO.NCCCCc1ccccc1. The van der Waals surface area contributed by atoms with Crippen molar-refractivity contribution in [2.75, 3.05) is 85.3 Å². The van der Waals surface area contributed by atoms with Gasteiger partial charge in [-0.15, -0.1) is 0 Å². The largest absolute Gasteiger partial charge is 0.396 e. The van der Waals surface area contributed by atoms with Gasteiger partial charge in [0.15, 0.2) is 0 Å². The zero-order chi connectivity index (χ0) is 61.5. The quantitative estimate of drug-likeness (QED) is 0.0270. The van der Waals surface area contributed by atoms with Gasteiger partial charge in [0.25, 0.3) is 0 Å². The van der Waals surface area contributed by atoms with Gasteiger partial charge < -0.3 is 77.8 Å². The molecule has 14 heteroatoms. The second-order valence-corrected chi connectivity index (χ2v) is 20.2. The molecule has 1 unspecified atom stereocenters. The second kappa shape index (κ2) is 115. The Hall–Kier alpha value is -1.34. The molecule has 0 aromatic heterocycles. The van der Waals surface area contributed by atoms with Crippen LogP contribution in [0.1, 0.15) is 291 Å². The molecule has 0 aliphatic heterocycles. The minimum atomic E-state index is 0.00463. The molecule has 0 radical (unpaired) electrons. The molecule has 0 aliphatic rings. The van der Waals surface area contributed by atoms with Crippen molar-refractivity contribution in [1.82, 2.24) is 0 Å². The number of unbranched alkanes of at least 4 members (excludes halogenated alkanes) is 27. The average Bonchev–Trinajstić information content (AvgIpc) is 3.47. The first-order valence-electron chi connectivity index (χ1n) is 33.1. The van der Waals surface area contributed by atoms with Crippen LogP contribution in [0.3, 0.4) is 0 Å². The molecule has 1 aromatic carbocycles. The van der Waals surface area contributed by atoms with E-state index in [0.717, 1.165) is 136 Å². The summed E-state index contributed by atoms with van der Waals surface area (Å²) in [5.74, 6) is 0. The topological polar surface area (TPSA) is 341 Å². The zero-order valence-corrected chi connectivity index (χ0v) is 54.3. The molecule has 14 nitrogen and oxygen atoms in total. The van der Waals surface area contributed by atoms with Crippen molar-refractivity contribution >= 4 is 0 Å². The molecule has 1 atom stereocenters. The summed E-state index contributed by atoms with van der Waals surface area (Å²) in [5, 5.41) is 33.1. The van der Waals surface area contributed by atoms with E-state index in [1.807, 2.05) is 6.07 Å². The molecule has 0 spiro atoms. The van der Waals surface area contributed by atoms with Crippen LogP contribution in [-0.4, -0.2) is 112 Å². The van der Waals surface area contributed by atoms with Gasteiger partial charge in [-0.25, -0.2) is 0 Å². The van der Waals surface area contributed by atoms with Crippen LogP contribution in [0.2, 0.25) is 0 Å². The molecule has 0 saturated carbocycles. The third-order valence-electron chi connectivity index (χ3n) is 11.8. The third kappa shape index (κ3) is 148. The lowest BCUT2D eigenvalue weighted by atomic mass is 10.1. The molecule has 0 aliphatic carbocycles. The van der Waals surface area contributed by atoms with Gasteiger partial charge in [0.05, 0.1) is 6.61 Å². The van der Waals surface area contributed by atoms with Crippen molar-refractivity contribution in [3.05, 3.63) is 35.9 Å². The van der Waals surface area contributed by atoms with Gasteiger partial charge in [0.2, 0.25) is 0 Å². The predicted molar refractivity (Wildman–Crippen MR) is 357 cm³/mol. The molecular weight excluding hydrogens is 985 g/mol. The Balaban J connectivity index is -0.0000000991. The van der Waals surface area contributed by atoms with Crippen molar-refractivity contribution < 1.29 is 20.4 Å². The molecule has 24 N–H and O–H groups in total. The second-order valence-electron chi connectivity index (χ2n) is 20.2. The fourth-order valence-electron chi connectivity index (χ4n) is 6.62. The molecule has 0 heterocycles. The van der Waals surface area contributed by atoms with E-state index in [4.69, 9.17) is 77.8 Å². The van der Waals surface area contributed by atoms with E-state index < -0.39 is 0 Å². The Morgan fingerprint density at radius 2 is 0.494 bits per heavy atom. The maximum absolute atomic E-state index is 8.34. The molecule has 1 aromatic rings. The summed E-state index contributed by atoms with van der Waals surface area (Å²) in [6, 6.07) is 10.5. The van der Waals surface area contributed by atoms with Crippen LogP contribution < -0.4 is 57.3 Å². The number of aliphatic hydroxyl groups excluding tert-OH is 4. The Morgan fingerprint density at radius 1 is 0.278 bits per heavy atom. The lowest BCUT2D eigenvalue weighted by Crippen LogP contribution is -2.23. The number of nitrogens with two attached hydrogens (primary N) is 10. The molecular formula is C65H152N10O4. The highest BCUT2D eigenvalue weighted by atomic mass is 16.3. The molecule has 1 rings (SSSR count). The summed E-state index contributed by atoms with van der Waals surface area (Å²) in [4.78, 5) is 0. The highest BCUT2D eigenvalue weighted by molar-refractivity contribution is 5.14. The smallest absolute Gasteiger partial charge is 0.0582 e. The van der Waals surface area contributed by atoms with Crippen LogP contribution in [0.25, 0.3) is 0 Å². The highest BCUT2D eigenvalue weighted by Crippen LogP contribution is 2.07.